The summed E-state index contributed by atoms with van der Waals surface area (Å²) < 4.78 is 34.1. The van der Waals surface area contributed by atoms with Crippen molar-refractivity contribution in [2.45, 2.75) is 91.9 Å². The van der Waals surface area contributed by atoms with E-state index in [0.29, 0.717) is 0 Å². The van der Waals surface area contributed by atoms with Crippen molar-refractivity contribution in [1.29, 1.82) is 0 Å². The number of hydrogen-bond donors (Lipinski definition) is 6. The summed E-state index contributed by atoms with van der Waals surface area (Å²) in [6, 6.07) is 0. The summed E-state index contributed by atoms with van der Waals surface area (Å²) in [5.41, 5.74) is 0. The van der Waals surface area contributed by atoms with Crippen molar-refractivity contribution in [2.24, 2.45) is 0 Å². The smallest absolute Gasteiger partial charge is 0.0311 e. The lowest BCUT2D eigenvalue weighted by Gasteiger charge is -2.06. The molecule has 220 valence electrons. The second-order valence-corrected chi connectivity index (χ2v) is 5.98. The van der Waals surface area contributed by atoms with E-state index in [9.17, 15) is 5.11 Å². The first-order chi connectivity index (χ1) is 12.7. The van der Waals surface area contributed by atoms with E-state index < -0.39 is 10.4 Å². The molecule has 24 N–H and O–H groups in total. The number of quaternary nitrogens is 6. The fourth-order valence-corrected chi connectivity index (χ4v) is 1.59. The van der Waals surface area contributed by atoms with Gasteiger partial charge < -0.3 is 66.4 Å². The number of hydrogen-bond acceptors (Lipinski definition) is 8. The molecule has 33 heavy (non-hydrogen) atoms. The van der Waals surface area contributed by atoms with Crippen molar-refractivity contribution in [3.63, 3.8) is 0 Å². The fourth-order valence-electron chi connectivity index (χ4n) is 1.59. The van der Waals surface area contributed by atoms with E-state index in [-0.39, 0.29) is 63.3 Å². The number of unbranched alkanes of at least 4 members (excludes halogenated alkanes) is 9. The Bertz CT molecular complexity index is 285. The minimum Gasteiger partial charge on any atom is -0.855 e. The summed E-state index contributed by atoms with van der Waals surface area (Å²) in [5.74, 6) is 0. The monoisotopic (exact) mass is 524 g/mol. The van der Waals surface area contributed by atoms with E-state index in [2.05, 4.69) is 6.92 Å². The van der Waals surface area contributed by atoms with Gasteiger partial charge in [0.1, 0.15) is 0 Å². The normalized spacial score (nSPS) is 7.58. The van der Waals surface area contributed by atoms with Crippen molar-refractivity contribution in [1.82, 2.24) is 36.9 Å². The van der Waals surface area contributed by atoms with Crippen LogP contribution in [0.15, 0.2) is 0 Å². The Morgan fingerprint density at radius 3 is 0.758 bits per heavy atom. The van der Waals surface area contributed by atoms with Crippen molar-refractivity contribution in [2.75, 3.05) is 26.4 Å². The van der Waals surface area contributed by atoms with E-state index in [0.717, 1.165) is 12.8 Å². The third-order valence-electron chi connectivity index (χ3n) is 2.50. The van der Waals surface area contributed by atoms with Gasteiger partial charge in [0.15, 0.2) is 0 Å². The standard InChI is InChI=1S/C12H25O.3C2H5O.6H3N.H2O4S/c1-2-3-4-5-6-7-8-9-10-11-12-13;3*1-2-3;;;;;;;1-5(2,3)4/h2-12H2,1H3;3*2H2,1H3;6*1H3;(H2,1,2,3,4)/q4*-1;;;;;;;/p+4. The van der Waals surface area contributed by atoms with Gasteiger partial charge >= 0.3 is 0 Å². The van der Waals surface area contributed by atoms with E-state index >= 15 is 0 Å². The molecule has 0 heterocycles. The van der Waals surface area contributed by atoms with Gasteiger partial charge in [-0.1, -0.05) is 91.9 Å². The summed E-state index contributed by atoms with van der Waals surface area (Å²) in [5, 5.41) is 36.9. The maximum Gasteiger partial charge on any atom is 0.0311 e. The summed E-state index contributed by atoms with van der Waals surface area (Å²) in [4.78, 5) is 0. The quantitative estimate of drug-likeness (QED) is 0.139. The molecule has 0 aliphatic heterocycles. The van der Waals surface area contributed by atoms with Crippen LogP contribution in [0.3, 0.4) is 0 Å². The SMILES string of the molecule is CCCCCCCCCCCC[O-].CC[O-].CC[O-].CC[O-].O=S(=O)([O-])[O-].[NH4+].[NH4+].[NH4+].[NH4+].[NH4+].[NH4+]. The summed E-state index contributed by atoms with van der Waals surface area (Å²) in [6.07, 6.45) is 13.0. The maximum absolute atomic E-state index is 10.1. The molecule has 0 aliphatic rings. The molecule has 0 saturated carbocycles. The Balaban J connectivity index is -0.0000000230. The molecule has 0 aromatic carbocycles. The van der Waals surface area contributed by atoms with Crippen LogP contribution >= 0.6 is 0 Å². The first kappa shape index (κ1) is 69.8. The van der Waals surface area contributed by atoms with Crippen LogP contribution in [0, 0.1) is 0 Å². The van der Waals surface area contributed by atoms with Gasteiger partial charge in [0.2, 0.25) is 0 Å². The van der Waals surface area contributed by atoms with Gasteiger partial charge in [-0.2, -0.15) is 0 Å². The molecular weight excluding hydrogens is 460 g/mol. The van der Waals surface area contributed by atoms with E-state index in [1.807, 2.05) is 0 Å². The van der Waals surface area contributed by atoms with Crippen LogP contribution in [0.5, 0.6) is 0 Å². The summed E-state index contributed by atoms with van der Waals surface area (Å²) in [7, 11) is -5.17. The molecule has 0 aliphatic carbocycles. The Morgan fingerprint density at radius 1 is 0.455 bits per heavy atom. The highest BCUT2D eigenvalue weighted by Gasteiger charge is 1.90. The Hall–Kier alpha value is -0.530. The van der Waals surface area contributed by atoms with E-state index in [1.54, 1.807) is 20.8 Å². The number of rotatable bonds is 10. The molecule has 0 bridgehead atoms. The zero-order valence-corrected chi connectivity index (χ0v) is 24.4. The van der Waals surface area contributed by atoms with Gasteiger partial charge in [-0.05, 0) is 0 Å². The summed E-state index contributed by atoms with van der Waals surface area (Å²) >= 11 is 0. The van der Waals surface area contributed by atoms with Crippen LogP contribution < -0.4 is 57.3 Å². The van der Waals surface area contributed by atoms with Gasteiger partial charge in [0.05, 0.1) is 0 Å². The molecule has 0 atom stereocenters. The van der Waals surface area contributed by atoms with Gasteiger partial charge in [-0.15, -0.1) is 26.4 Å². The topological polar surface area (TPSA) is 392 Å². The summed E-state index contributed by atoms with van der Waals surface area (Å²) in [6.45, 7) is 7.08. The lowest BCUT2D eigenvalue weighted by molar-refractivity contribution is -0.368. The van der Waals surface area contributed by atoms with E-state index in [1.165, 1.54) is 51.4 Å². The van der Waals surface area contributed by atoms with Crippen LogP contribution in [0.1, 0.15) is 91.9 Å². The van der Waals surface area contributed by atoms with E-state index in [4.69, 9.17) is 32.8 Å². The molecule has 14 nitrogen and oxygen atoms in total. The zero-order valence-electron chi connectivity index (χ0n) is 23.6. The molecule has 0 aromatic rings. The van der Waals surface area contributed by atoms with Gasteiger partial charge in [-0.3, -0.25) is 8.42 Å². The Kier molecular flexibility index (Phi) is 163. The average Bonchev–Trinajstić information content (AvgIpc) is 2.54. The average molecular weight is 525 g/mol. The van der Waals surface area contributed by atoms with Crippen molar-refractivity contribution in [3.05, 3.63) is 0 Å². The minimum absolute atomic E-state index is 0. The maximum atomic E-state index is 10.1. The van der Waals surface area contributed by atoms with Gasteiger partial charge in [0, 0.05) is 10.4 Å². The first-order valence-corrected chi connectivity index (χ1v) is 11.0. The Morgan fingerprint density at radius 2 is 0.606 bits per heavy atom. The molecule has 0 spiro atoms. The highest BCUT2D eigenvalue weighted by atomic mass is 32.3. The predicted molar refractivity (Wildman–Crippen MR) is 135 cm³/mol. The van der Waals surface area contributed by atoms with Gasteiger partial charge in [-0.25, -0.2) is 0 Å². The first-order valence-electron chi connectivity index (χ1n) is 9.65. The molecule has 0 unspecified atom stereocenters. The molecule has 15 heteroatoms. The molecule has 0 radical (unpaired) electrons. The third kappa shape index (κ3) is 305. The van der Waals surface area contributed by atoms with Crippen molar-refractivity contribution < 1.29 is 37.9 Å². The molecule has 0 rings (SSSR count). The highest BCUT2D eigenvalue weighted by molar-refractivity contribution is 7.79. The minimum atomic E-state index is -5.17. The largest absolute Gasteiger partial charge is 0.855 e. The van der Waals surface area contributed by atoms with Crippen molar-refractivity contribution >= 4 is 10.4 Å². The lowest BCUT2D eigenvalue weighted by Crippen LogP contribution is -2.04. The van der Waals surface area contributed by atoms with Crippen LogP contribution in [-0.4, -0.2) is 44.0 Å². The highest BCUT2D eigenvalue weighted by Crippen LogP contribution is 2.09. The van der Waals surface area contributed by atoms with Crippen LogP contribution in [0.2, 0.25) is 0 Å². The molecule has 0 fully saturated rings. The molecule has 0 amide bonds. The lowest BCUT2D eigenvalue weighted by atomic mass is 10.1. The molecule has 0 aromatic heterocycles. The zero-order chi connectivity index (χ0) is 22.4. The second kappa shape index (κ2) is 77.1. The Labute approximate surface area is 204 Å². The fraction of sp³-hybridized carbons (Fsp3) is 1.00. The van der Waals surface area contributed by atoms with Crippen molar-refractivity contribution in [3.8, 4) is 0 Å². The van der Waals surface area contributed by atoms with Gasteiger partial charge in [0.25, 0.3) is 0 Å². The third-order valence-corrected chi connectivity index (χ3v) is 2.50. The molecule has 0 saturated heterocycles. The van der Waals surface area contributed by atoms with Crippen LogP contribution in [0.25, 0.3) is 0 Å². The molecular formula is C18H64N6O8S. The second-order valence-electron chi connectivity index (χ2n) is 5.16. The van der Waals surface area contributed by atoms with Crippen LogP contribution in [0.4, 0.5) is 0 Å². The predicted octanol–water partition coefficient (Wildman–Crippen LogP) is 2.29. The van der Waals surface area contributed by atoms with Crippen LogP contribution in [-0.2, 0) is 10.4 Å².